The molecule has 0 unspecified atom stereocenters. The summed E-state index contributed by atoms with van der Waals surface area (Å²) in [5, 5.41) is 4.76. The molecule has 0 amide bonds. The van der Waals surface area contributed by atoms with Crippen LogP contribution in [0.3, 0.4) is 0 Å². The summed E-state index contributed by atoms with van der Waals surface area (Å²) < 4.78 is 0. The molecule has 70 valence electrons. The van der Waals surface area contributed by atoms with Crippen molar-refractivity contribution >= 4 is 0 Å². The van der Waals surface area contributed by atoms with E-state index in [2.05, 4.69) is 24.1 Å². The van der Waals surface area contributed by atoms with Crippen molar-refractivity contribution in [3.63, 3.8) is 0 Å². The lowest BCUT2D eigenvalue weighted by atomic mass is 9.78. The number of rotatable bonds is 0. The third kappa shape index (κ3) is 1.50. The molecule has 0 bridgehead atoms. The minimum Gasteiger partial charge on any atom is -0.245 e. The second kappa shape index (κ2) is 3.35. The van der Waals surface area contributed by atoms with Crippen molar-refractivity contribution in [2.75, 3.05) is 27.2 Å². The Bertz CT molecular complexity index is 140. The van der Waals surface area contributed by atoms with Crippen LogP contribution in [0.25, 0.3) is 0 Å². The molecule has 1 saturated carbocycles. The molecule has 1 heterocycles. The van der Waals surface area contributed by atoms with E-state index < -0.39 is 0 Å². The highest BCUT2D eigenvalue weighted by Crippen LogP contribution is 2.33. The van der Waals surface area contributed by atoms with Crippen molar-refractivity contribution in [1.82, 2.24) is 10.0 Å². The van der Waals surface area contributed by atoms with E-state index in [0.29, 0.717) is 0 Å². The Morgan fingerprint density at radius 3 is 1.67 bits per heavy atom. The van der Waals surface area contributed by atoms with Gasteiger partial charge in [0.15, 0.2) is 0 Å². The summed E-state index contributed by atoms with van der Waals surface area (Å²) >= 11 is 0. The van der Waals surface area contributed by atoms with Crippen molar-refractivity contribution in [2.45, 2.75) is 25.7 Å². The highest BCUT2D eigenvalue weighted by Gasteiger charge is 2.32. The molecule has 0 aromatic rings. The molecule has 12 heavy (non-hydrogen) atoms. The van der Waals surface area contributed by atoms with E-state index >= 15 is 0 Å². The van der Waals surface area contributed by atoms with Crippen LogP contribution >= 0.6 is 0 Å². The van der Waals surface area contributed by atoms with Crippen LogP contribution in [-0.2, 0) is 0 Å². The van der Waals surface area contributed by atoms with Crippen molar-refractivity contribution in [3.8, 4) is 0 Å². The average molecular weight is 168 g/mol. The molecule has 0 radical (unpaired) electrons. The summed E-state index contributed by atoms with van der Waals surface area (Å²) in [5.41, 5.74) is 0. The zero-order valence-corrected chi connectivity index (χ0v) is 8.29. The average Bonchev–Trinajstić information content (AvgIpc) is 2.07. The highest BCUT2D eigenvalue weighted by molar-refractivity contribution is 4.81. The number of hydrogen-bond donors (Lipinski definition) is 0. The Morgan fingerprint density at radius 2 is 1.25 bits per heavy atom. The molecule has 0 N–H and O–H groups in total. The molecule has 0 aromatic heterocycles. The predicted octanol–water partition coefficient (Wildman–Crippen LogP) is 1.58. The Morgan fingerprint density at radius 1 is 0.833 bits per heavy atom. The standard InChI is InChI=1S/C10H20N2/c1-11-7-9-5-3-4-6-10(9)8-12(11)2/h9-10H,3-8H2,1-2H3/t9-,10-/m1/s1. The quantitative estimate of drug-likeness (QED) is 0.542. The number of hydrogen-bond acceptors (Lipinski definition) is 2. The first-order valence-electron chi connectivity index (χ1n) is 5.19. The van der Waals surface area contributed by atoms with Gasteiger partial charge in [-0.15, -0.1) is 0 Å². The molecule has 2 atom stereocenters. The summed E-state index contributed by atoms with van der Waals surface area (Å²) in [5.74, 6) is 2.00. The van der Waals surface area contributed by atoms with Crippen molar-refractivity contribution in [2.24, 2.45) is 11.8 Å². The fraction of sp³-hybridized carbons (Fsp3) is 1.00. The molecular weight excluding hydrogens is 148 g/mol. The van der Waals surface area contributed by atoms with E-state index in [9.17, 15) is 0 Å². The van der Waals surface area contributed by atoms with E-state index in [0.717, 1.165) is 11.8 Å². The largest absolute Gasteiger partial charge is 0.245 e. The van der Waals surface area contributed by atoms with Gasteiger partial charge in [0.2, 0.25) is 0 Å². The Balaban J connectivity index is 1.98. The highest BCUT2D eigenvalue weighted by atomic mass is 15.6. The second-order valence-electron chi connectivity index (χ2n) is 4.49. The van der Waals surface area contributed by atoms with Gasteiger partial charge in [-0.05, 0) is 24.7 Å². The van der Waals surface area contributed by atoms with Gasteiger partial charge < -0.3 is 0 Å². The van der Waals surface area contributed by atoms with E-state index in [1.54, 1.807) is 0 Å². The topological polar surface area (TPSA) is 6.48 Å². The Kier molecular flexibility index (Phi) is 2.37. The third-order valence-corrected chi connectivity index (χ3v) is 3.65. The zero-order chi connectivity index (χ0) is 8.55. The fourth-order valence-corrected chi connectivity index (χ4v) is 2.72. The summed E-state index contributed by atoms with van der Waals surface area (Å²) in [6.45, 7) is 2.59. The molecule has 0 spiro atoms. The van der Waals surface area contributed by atoms with Gasteiger partial charge >= 0.3 is 0 Å². The first kappa shape index (κ1) is 8.52. The van der Waals surface area contributed by atoms with E-state index in [1.165, 1.54) is 38.8 Å². The van der Waals surface area contributed by atoms with Crippen LogP contribution in [0.2, 0.25) is 0 Å². The summed E-state index contributed by atoms with van der Waals surface area (Å²) in [6, 6.07) is 0. The van der Waals surface area contributed by atoms with Crippen LogP contribution in [0.15, 0.2) is 0 Å². The van der Waals surface area contributed by atoms with E-state index in [4.69, 9.17) is 0 Å². The molecule has 2 nitrogen and oxygen atoms in total. The van der Waals surface area contributed by atoms with Gasteiger partial charge in [-0.2, -0.15) is 0 Å². The van der Waals surface area contributed by atoms with Gasteiger partial charge in [-0.25, -0.2) is 10.0 Å². The van der Waals surface area contributed by atoms with Gasteiger partial charge in [0.25, 0.3) is 0 Å². The van der Waals surface area contributed by atoms with Crippen LogP contribution in [0.5, 0.6) is 0 Å². The summed E-state index contributed by atoms with van der Waals surface area (Å²) in [7, 11) is 4.43. The lowest BCUT2D eigenvalue weighted by Gasteiger charge is -2.45. The van der Waals surface area contributed by atoms with Crippen LogP contribution < -0.4 is 0 Å². The summed E-state index contributed by atoms with van der Waals surface area (Å²) in [6.07, 6.45) is 5.89. The first-order chi connectivity index (χ1) is 5.77. The molecule has 1 aliphatic carbocycles. The predicted molar refractivity (Wildman–Crippen MR) is 50.7 cm³/mol. The number of nitrogens with zero attached hydrogens (tertiary/aromatic N) is 2. The molecule has 2 fully saturated rings. The van der Waals surface area contributed by atoms with Crippen molar-refractivity contribution in [3.05, 3.63) is 0 Å². The van der Waals surface area contributed by atoms with Crippen LogP contribution in [0.1, 0.15) is 25.7 Å². The monoisotopic (exact) mass is 168 g/mol. The lowest BCUT2D eigenvalue weighted by molar-refractivity contribution is -0.0676. The minimum absolute atomic E-state index is 1.000. The van der Waals surface area contributed by atoms with Crippen LogP contribution in [0, 0.1) is 11.8 Å². The third-order valence-electron chi connectivity index (χ3n) is 3.65. The molecule has 1 saturated heterocycles. The molecule has 2 aliphatic rings. The van der Waals surface area contributed by atoms with Gasteiger partial charge in [0.1, 0.15) is 0 Å². The first-order valence-corrected chi connectivity index (χ1v) is 5.19. The Hall–Kier alpha value is -0.0800. The maximum atomic E-state index is 2.38. The maximum absolute atomic E-state index is 2.38. The second-order valence-corrected chi connectivity index (χ2v) is 4.49. The van der Waals surface area contributed by atoms with E-state index in [-0.39, 0.29) is 0 Å². The zero-order valence-electron chi connectivity index (χ0n) is 8.29. The molecule has 0 aromatic carbocycles. The molecule has 2 rings (SSSR count). The van der Waals surface area contributed by atoms with Crippen LogP contribution in [0.4, 0.5) is 0 Å². The van der Waals surface area contributed by atoms with Gasteiger partial charge in [-0.3, -0.25) is 0 Å². The fourth-order valence-electron chi connectivity index (χ4n) is 2.72. The minimum atomic E-state index is 1.000. The smallest absolute Gasteiger partial charge is 0.0161 e. The molecule has 2 heteroatoms. The van der Waals surface area contributed by atoms with Crippen molar-refractivity contribution < 1.29 is 0 Å². The summed E-state index contributed by atoms with van der Waals surface area (Å²) in [4.78, 5) is 0. The number of hydrazine groups is 1. The maximum Gasteiger partial charge on any atom is 0.0161 e. The van der Waals surface area contributed by atoms with Gasteiger partial charge in [-0.1, -0.05) is 12.8 Å². The molecule has 1 aliphatic heterocycles. The van der Waals surface area contributed by atoms with E-state index in [1.807, 2.05) is 0 Å². The Labute approximate surface area is 75.5 Å². The molecular formula is C10H20N2. The van der Waals surface area contributed by atoms with Gasteiger partial charge in [0, 0.05) is 27.2 Å². The van der Waals surface area contributed by atoms with Crippen LogP contribution in [-0.4, -0.2) is 37.2 Å². The van der Waals surface area contributed by atoms with Gasteiger partial charge in [0.05, 0.1) is 0 Å². The van der Waals surface area contributed by atoms with Crippen molar-refractivity contribution in [1.29, 1.82) is 0 Å². The number of fused-ring (bicyclic) bond motifs is 1. The SMILES string of the molecule is CN1C[C@H]2CCCC[C@@H]2CN1C. The normalized spacial score (nSPS) is 39.5. The lowest BCUT2D eigenvalue weighted by Crippen LogP contribution is -2.51.